The lowest BCUT2D eigenvalue weighted by molar-refractivity contribution is 0.0677. The van der Waals surface area contributed by atoms with Crippen molar-refractivity contribution >= 4 is 0 Å². The molecule has 0 unspecified atom stereocenters. The first-order valence-corrected chi connectivity index (χ1v) is 5.04. The molecule has 0 atom stereocenters. The third-order valence-electron chi connectivity index (χ3n) is 2.31. The van der Waals surface area contributed by atoms with Gasteiger partial charge < -0.3 is 5.11 Å². The Kier molecular flexibility index (Phi) is 6.09. The van der Waals surface area contributed by atoms with Gasteiger partial charge in [0.2, 0.25) is 0 Å². The average molecular weight is 170 g/mol. The first kappa shape index (κ1) is 11.7. The molecule has 0 saturated carbocycles. The van der Waals surface area contributed by atoms with Gasteiger partial charge in [-0.25, -0.2) is 0 Å². The van der Waals surface area contributed by atoms with Gasteiger partial charge in [0.25, 0.3) is 0 Å². The minimum atomic E-state index is -0.591. The lowest BCUT2D eigenvalue weighted by atomic mass is 9.91. The summed E-state index contributed by atoms with van der Waals surface area (Å²) < 4.78 is 0. The molecule has 0 aromatic carbocycles. The summed E-state index contributed by atoms with van der Waals surface area (Å²) in [4.78, 5) is 0. The van der Waals surface area contributed by atoms with E-state index in [0.717, 1.165) is 38.5 Å². The third-order valence-corrected chi connectivity index (χ3v) is 2.31. The van der Waals surface area contributed by atoms with Crippen LogP contribution in [0, 0.1) is 0 Å². The van der Waals surface area contributed by atoms with Crippen molar-refractivity contribution in [1.29, 1.82) is 0 Å². The molecule has 0 aromatic heterocycles. The van der Waals surface area contributed by atoms with Crippen molar-refractivity contribution in [3.63, 3.8) is 0 Å². The molecule has 0 heterocycles. The van der Waals surface area contributed by atoms with Gasteiger partial charge in [-0.2, -0.15) is 0 Å². The van der Waals surface area contributed by atoms with Gasteiger partial charge in [-0.15, -0.1) is 6.58 Å². The molecule has 0 fully saturated rings. The Balaban J connectivity index is 3.78. The van der Waals surface area contributed by atoms with Crippen molar-refractivity contribution in [1.82, 2.24) is 0 Å². The molecule has 0 aromatic rings. The van der Waals surface area contributed by atoms with Crippen LogP contribution in [0.2, 0.25) is 0 Å². The summed E-state index contributed by atoms with van der Waals surface area (Å²) in [5.74, 6) is 0. The van der Waals surface area contributed by atoms with E-state index >= 15 is 0 Å². The second-order valence-corrected chi connectivity index (χ2v) is 3.51. The lowest BCUT2D eigenvalue weighted by Gasteiger charge is -2.23. The SMILES string of the molecule is C=CC(O)(CCCC)CCCC. The van der Waals surface area contributed by atoms with Gasteiger partial charge in [0.1, 0.15) is 0 Å². The predicted molar refractivity (Wildman–Crippen MR) is 54.2 cm³/mol. The van der Waals surface area contributed by atoms with Crippen LogP contribution >= 0.6 is 0 Å². The van der Waals surface area contributed by atoms with Crippen molar-refractivity contribution in [2.24, 2.45) is 0 Å². The van der Waals surface area contributed by atoms with Crippen LogP contribution in [0.25, 0.3) is 0 Å². The topological polar surface area (TPSA) is 20.2 Å². The molecule has 0 rings (SSSR count). The monoisotopic (exact) mass is 170 g/mol. The van der Waals surface area contributed by atoms with Gasteiger partial charge in [0.15, 0.2) is 0 Å². The number of hydrogen-bond acceptors (Lipinski definition) is 1. The fourth-order valence-corrected chi connectivity index (χ4v) is 1.29. The molecule has 0 aliphatic heterocycles. The van der Waals surface area contributed by atoms with E-state index in [4.69, 9.17) is 0 Å². The molecule has 1 N–H and O–H groups in total. The molecule has 0 bridgehead atoms. The third kappa shape index (κ3) is 4.55. The largest absolute Gasteiger partial charge is 0.386 e. The van der Waals surface area contributed by atoms with E-state index in [1.807, 2.05) is 0 Å². The maximum absolute atomic E-state index is 9.96. The first-order valence-electron chi connectivity index (χ1n) is 5.04. The highest BCUT2D eigenvalue weighted by Gasteiger charge is 2.20. The van der Waals surface area contributed by atoms with Crippen LogP contribution in [0.1, 0.15) is 52.4 Å². The van der Waals surface area contributed by atoms with E-state index in [1.54, 1.807) is 6.08 Å². The van der Waals surface area contributed by atoms with Crippen LogP contribution in [-0.4, -0.2) is 10.7 Å². The van der Waals surface area contributed by atoms with Gasteiger partial charge in [-0.05, 0) is 12.8 Å². The second-order valence-electron chi connectivity index (χ2n) is 3.51. The first-order chi connectivity index (χ1) is 5.68. The Morgan fingerprint density at radius 1 is 1.17 bits per heavy atom. The van der Waals surface area contributed by atoms with Crippen LogP contribution < -0.4 is 0 Å². The minimum Gasteiger partial charge on any atom is -0.386 e. The van der Waals surface area contributed by atoms with Crippen molar-refractivity contribution in [2.45, 2.75) is 58.0 Å². The molecule has 0 radical (unpaired) electrons. The summed E-state index contributed by atoms with van der Waals surface area (Å²) >= 11 is 0. The minimum absolute atomic E-state index is 0.591. The number of rotatable bonds is 7. The fourth-order valence-electron chi connectivity index (χ4n) is 1.29. The highest BCUT2D eigenvalue weighted by Crippen LogP contribution is 2.22. The maximum atomic E-state index is 9.96. The molecule has 0 amide bonds. The Labute approximate surface area is 76.5 Å². The molecule has 0 aliphatic carbocycles. The zero-order chi connectivity index (χ0) is 9.45. The molecule has 0 saturated heterocycles. The van der Waals surface area contributed by atoms with Crippen molar-refractivity contribution in [2.75, 3.05) is 0 Å². The van der Waals surface area contributed by atoms with E-state index < -0.39 is 5.60 Å². The van der Waals surface area contributed by atoms with Crippen LogP contribution in [0.3, 0.4) is 0 Å². The maximum Gasteiger partial charge on any atom is 0.0825 e. The van der Waals surface area contributed by atoms with Gasteiger partial charge in [0, 0.05) is 0 Å². The quantitative estimate of drug-likeness (QED) is 0.581. The molecule has 1 heteroatoms. The molecule has 72 valence electrons. The summed E-state index contributed by atoms with van der Waals surface area (Å²) in [6, 6.07) is 0. The van der Waals surface area contributed by atoms with E-state index in [1.165, 1.54) is 0 Å². The summed E-state index contributed by atoms with van der Waals surface area (Å²) in [5, 5.41) is 9.96. The van der Waals surface area contributed by atoms with Gasteiger partial charge in [-0.1, -0.05) is 45.6 Å². The van der Waals surface area contributed by atoms with Gasteiger partial charge in [0.05, 0.1) is 5.60 Å². The molecule has 0 aliphatic rings. The summed E-state index contributed by atoms with van der Waals surface area (Å²) in [6.07, 6.45) is 7.90. The normalized spacial score (nSPS) is 11.6. The van der Waals surface area contributed by atoms with Gasteiger partial charge >= 0.3 is 0 Å². The van der Waals surface area contributed by atoms with Crippen molar-refractivity contribution in [3.05, 3.63) is 12.7 Å². The molecule has 12 heavy (non-hydrogen) atoms. The Hall–Kier alpha value is -0.300. The predicted octanol–water partition coefficient (Wildman–Crippen LogP) is 3.28. The van der Waals surface area contributed by atoms with Crippen LogP contribution in [-0.2, 0) is 0 Å². The number of unbranched alkanes of at least 4 members (excludes halogenated alkanes) is 2. The van der Waals surface area contributed by atoms with E-state index in [-0.39, 0.29) is 0 Å². The second kappa shape index (κ2) is 6.24. The summed E-state index contributed by atoms with van der Waals surface area (Å²) in [6.45, 7) is 7.97. The van der Waals surface area contributed by atoms with Crippen LogP contribution in [0.15, 0.2) is 12.7 Å². The average Bonchev–Trinajstić information content (AvgIpc) is 2.11. The molecule has 1 nitrogen and oxygen atoms in total. The standard InChI is InChI=1S/C11H22O/c1-4-7-9-11(12,6-3)10-8-5-2/h6,12H,3-5,7-10H2,1-2H3. The van der Waals surface area contributed by atoms with Gasteiger partial charge in [-0.3, -0.25) is 0 Å². The van der Waals surface area contributed by atoms with E-state index in [0.29, 0.717) is 0 Å². The number of hydrogen-bond donors (Lipinski definition) is 1. The Morgan fingerprint density at radius 2 is 1.58 bits per heavy atom. The zero-order valence-corrected chi connectivity index (χ0v) is 8.47. The molecular weight excluding hydrogens is 148 g/mol. The van der Waals surface area contributed by atoms with Crippen LogP contribution in [0.5, 0.6) is 0 Å². The zero-order valence-electron chi connectivity index (χ0n) is 8.47. The summed E-state index contributed by atoms with van der Waals surface area (Å²) in [7, 11) is 0. The highest BCUT2D eigenvalue weighted by molar-refractivity contribution is 4.95. The molecular formula is C11H22O. The fraction of sp³-hybridized carbons (Fsp3) is 0.818. The van der Waals surface area contributed by atoms with Crippen molar-refractivity contribution < 1.29 is 5.11 Å². The lowest BCUT2D eigenvalue weighted by Crippen LogP contribution is -2.25. The van der Waals surface area contributed by atoms with Crippen molar-refractivity contribution in [3.8, 4) is 0 Å². The van der Waals surface area contributed by atoms with E-state index in [2.05, 4.69) is 20.4 Å². The molecule has 0 spiro atoms. The smallest absolute Gasteiger partial charge is 0.0825 e. The Bertz CT molecular complexity index is 110. The highest BCUT2D eigenvalue weighted by atomic mass is 16.3. The van der Waals surface area contributed by atoms with E-state index in [9.17, 15) is 5.11 Å². The number of aliphatic hydroxyl groups is 1. The summed E-state index contributed by atoms with van der Waals surface area (Å²) in [5.41, 5.74) is -0.591. The van der Waals surface area contributed by atoms with Crippen LogP contribution in [0.4, 0.5) is 0 Å². The Morgan fingerprint density at radius 3 is 1.83 bits per heavy atom.